The van der Waals surface area contributed by atoms with Crippen LogP contribution in [0.5, 0.6) is 0 Å². The SMILES string of the molecule is Cc1cccnc1NC(=O)c1c(C)oc2ncnc(NC3(C)CC3)c12. The second-order valence-electron chi connectivity index (χ2n) is 6.74. The summed E-state index contributed by atoms with van der Waals surface area (Å²) in [6.45, 7) is 5.78. The van der Waals surface area contributed by atoms with Crippen LogP contribution in [-0.2, 0) is 0 Å². The third kappa shape index (κ3) is 2.82. The number of aromatic nitrogens is 3. The summed E-state index contributed by atoms with van der Waals surface area (Å²) < 4.78 is 5.69. The molecule has 0 unspecified atom stereocenters. The van der Waals surface area contributed by atoms with E-state index in [-0.39, 0.29) is 11.4 Å². The number of hydrogen-bond acceptors (Lipinski definition) is 6. The van der Waals surface area contributed by atoms with Crippen LogP contribution in [0.1, 0.15) is 41.4 Å². The summed E-state index contributed by atoms with van der Waals surface area (Å²) in [4.78, 5) is 25.6. The van der Waals surface area contributed by atoms with Gasteiger partial charge in [-0.2, -0.15) is 0 Å². The van der Waals surface area contributed by atoms with E-state index in [1.54, 1.807) is 13.1 Å². The van der Waals surface area contributed by atoms with Crippen LogP contribution >= 0.6 is 0 Å². The zero-order chi connectivity index (χ0) is 17.6. The summed E-state index contributed by atoms with van der Waals surface area (Å²) in [5, 5.41) is 6.88. The van der Waals surface area contributed by atoms with Crippen LogP contribution in [0, 0.1) is 13.8 Å². The van der Waals surface area contributed by atoms with E-state index in [4.69, 9.17) is 4.42 Å². The number of aryl methyl sites for hydroxylation is 2. The number of rotatable bonds is 4. The lowest BCUT2D eigenvalue weighted by Crippen LogP contribution is -2.19. The van der Waals surface area contributed by atoms with Gasteiger partial charge in [0.25, 0.3) is 5.91 Å². The normalized spacial score (nSPS) is 15.2. The molecule has 2 N–H and O–H groups in total. The molecule has 1 amide bonds. The van der Waals surface area contributed by atoms with Crippen LogP contribution < -0.4 is 10.6 Å². The Morgan fingerprint density at radius 1 is 1.20 bits per heavy atom. The van der Waals surface area contributed by atoms with Gasteiger partial charge in [0.15, 0.2) is 0 Å². The highest BCUT2D eigenvalue weighted by molar-refractivity contribution is 6.15. The Hall–Kier alpha value is -2.96. The first-order valence-electron chi connectivity index (χ1n) is 8.22. The van der Waals surface area contributed by atoms with E-state index in [1.165, 1.54) is 6.33 Å². The van der Waals surface area contributed by atoms with Crippen molar-refractivity contribution in [2.45, 2.75) is 39.2 Å². The number of amides is 1. The van der Waals surface area contributed by atoms with Gasteiger partial charge in [0.2, 0.25) is 5.71 Å². The van der Waals surface area contributed by atoms with Crippen molar-refractivity contribution in [2.24, 2.45) is 0 Å². The molecule has 128 valence electrons. The van der Waals surface area contributed by atoms with Gasteiger partial charge in [0.1, 0.15) is 23.7 Å². The molecule has 1 aliphatic rings. The molecule has 7 heteroatoms. The van der Waals surface area contributed by atoms with Crippen LogP contribution in [0.2, 0.25) is 0 Å². The van der Waals surface area contributed by atoms with Gasteiger partial charge in [-0.3, -0.25) is 4.79 Å². The standard InChI is InChI=1S/C18H19N5O2/c1-10-5-4-8-19-14(10)22-16(24)12-11(2)25-17-13(12)15(20-9-21-17)23-18(3)6-7-18/h4-5,8-9H,6-7H2,1-3H3,(H,19,22,24)(H,20,21,23). The molecular weight excluding hydrogens is 318 g/mol. The summed E-state index contributed by atoms with van der Waals surface area (Å²) in [5.41, 5.74) is 1.76. The highest BCUT2D eigenvalue weighted by atomic mass is 16.3. The number of anilines is 2. The van der Waals surface area contributed by atoms with Crippen LogP contribution in [0.25, 0.3) is 11.1 Å². The van der Waals surface area contributed by atoms with Gasteiger partial charge < -0.3 is 15.1 Å². The maximum absolute atomic E-state index is 12.9. The zero-order valence-corrected chi connectivity index (χ0v) is 14.4. The molecule has 0 aliphatic heterocycles. The number of carbonyl (C=O) groups excluding carboxylic acids is 1. The fourth-order valence-corrected chi connectivity index (χ4v) is 2.80. The number of fused-ring (bicyclic) bond motifs is 1. The monoisotopic (exact) mass is 337 g/mol. The number of pyridine rings is 1. The van der Waals surface area contributed by atoms with Crippen molar-refractivity contribution in [3.8, 4) is 0 Å². The number of hydrogen-bond donors (Lipinski definition) is 2. The van der Waals surface area contributed by atoms with Gasteiger partial charge in [-0.15, -0.1) is 0 Å². The summed E-state index contributed by atoms with van der Waals surface area (Å²) in [7, 11) is 0. The predicted octanol–water partition coefficient (Wildman–Crippen LogP) is 3.45. The molecule has 4 rings (SSSR count). The first kappa shape index (κ1) is 15.6. The Bertz CT molecular complexity index is 975. The lowest BCUT2D eigenvalue weighted by atomic mass is 10.1. The molecule has 1 saturated carbocycles. The molecule has 0 spiro atoms. The van der Waals surface area contributed by atoms with E-state index in [1.807, 2.05) is 19.1 Å². The van der Waals surface area contributed by atoms with Gasteiger partial charge in [-0.05, 0) is 45.2 Å². The summed E-state index contributed by atoms with van der Waals surface area (Å²) in [6.07, 6.45) is 5.24. The lowest BCUT2D eigenvalue weighted by molar-refractivity contribution is 0.102. The Labute approximate surface area is 144 Å². The van der Waals surface area contributed by atoms with E-state index in [9.17, 15) is 4.79 Å². The maximum Gasteiger partial charge on any atom is 0.261 e. The van der Waals surface area contributed by atoms with Gasteiger partial charge in [0.05, 0.1) is 10.9 Å². The summed E-state index contributed by atoms with van der Waals surface area (Å²) in [6, 6.07) is 3.72. The second-order valence-corrected chi connectivity index (χ2v) is 6.74. The molecule has 0 bridgehead atoms. The van der Waals surface area contributed by atoms with Gasteiger partial charge >= 0.3 is 0 Å². The molecule has 0 saturated heterocycles. The first-order valence-corrected chi connectivity index (χ1v) is 8.22. The predicted molar refractivity (Wildman–Crippen MR) is 94.7 cm³/mol. The minimum atomic E-state index is -0.281. The van der Waals surface area contributed by atoms with Gasteiger partial charge in [-0.25, -0.2) is 15.0 Å². The number of nitrogens with one attached hydrogen (secondary N) is 2. The Kier molecular flexibility index (Phi) is 3.45. The van der Waals surface area contributed by atoms with E-state index >= 15 is 0 Å². The molecule has 25 heavy (non-hydrogen) atoms. The Balaban J connectivity index is 1.77. The molecule has 7 nitrogen and oxygen atoms in total. The third-order valence-corrected chi connectivity index (χ3v) is 4.55. The van der Waals surface area contributed by atoms with Crippen molar-refractivity contribution in [2.75, 3.05) is 10.6 Å². The van der Waals surface area contributed by atoms with E-state index < -0.39 is 0 Å². The molecule has 0 radical (unpaired) electrons. The molecule has 3 heterocycles. The van der Waals surface area contributed by atoms with Crippen LogP contribution in [-0.4, -0.2) is 26.4 Å². The summed E-state index contributed by atoms with van der Waals surface area (Å²) in [5.74, 6) is 1.38. The number of nitrogens with zero attached hydrogens (tertiary/aromatic N) is 3. The number of carbonyl (C=O) groups is 1. The molecule has 3 aromatic rings. The van der Waals surface area contributed by atoms with Crippen LogP contribution in [0.3, 0.4) is 0 Å². The Morgan fingerprint density at radius 3 is 2.72 bits per heavy atom. The van der Waals surface area contributed by atoms with Crippen molar-refractivity contribution in [3.05, 3.63) is 41.5 Å². The average Bonchev–Trinajstić information content (AvgIpc) is 3.18. The smallest absolute Gasteiger partial charge is 0.261 e. The molecule has 1 fully saturated rings. The van der Waals surface area contributed by atoms with Crippen LogP contribution in [0.15, 0.2) is 29.1 Å². The average molecular weight is 337 g/mol. The van der Waals surface area contributed by atoms with Crippen molar-refractivity contribution in [3.63, 3.8) is 0 Å². The minimum Gasteiger partial charge on any atom is -0.442 e. The fraction of sp³-hybridized carbons (Fsp3) is 0.333. The number of furan rings is 1. The molecular formula is C18H19N5O2. The first-order chi connectivity index (χ1) is 12.0. The molecule has 0 aromatic carbocycles. The van der Waals surface area contributed by atoms with Crippen LogP contribution in [0.4, 0.5) is 11.6 Å². The highest BCUT2D eigenvalue weighted by Crippen LogP contribution is 2.40. The third-order valence-electron chi connectivity index (χ3n) is 4.55. The summed E-state index contributed by atoms with van der Waals surface area (Å²) >= 11 is 0. The maximum atomic E-state index is 12.9. The molecule has 0 atom stereocenters. The lowest BCUT2D eigenvalue weighted by Gasteiger charge is -2.13. The van der Waals surface area contributed by atoms with E-state index in [0.717, 1.165) is 18.4 Å². The van der Waals surface area contributed by atoms with Gasteiger partial charge in [-0.1, -0.05) is 6.07 Å². The van der Waals surface area contributed by atoms with Crippen molar-refractivity contribution >= 4 is 28.6 Å². The highest BCUT2D eigenvalue weighted by Gasteiger charge is 2.38. The Morgan fingerprint density at radius 2 is 2.00 bits per heavy atom. The van der Waals surface area contributed by atoms with Gasteiger partial charge in [0, 0.05) is 11.7 Å². The quantitative estimate of drug-likeness (QED) is 0.757. The van der Waals surface area contributed by atoms with Crippen molar-refractivity contribution < 1.29 is 9.21 Å². The van der Waals surface area contributed by atoms with Crippen molar-refractivity contribution in [1.29, 1.82) is 0 Å². The van der Waals surface area contributed by atoms with Crippen molar-refractivity contribution in [1.82, 2.24) is 15.0 Å². The van der Waals surface area contributed by atoms with E-state index in [0.29, 0.717) is 34.1 Å². The topological polar surface area (TPSA) is 92.9 Å². The largest absolute Gasteiger partial charge is 0.442 e. The minimum absolute atomic E-state index is 0.0256. The molecule has 1 aliphatic carbocycles. The van der Waals surface area contributed by atoms with E-state index in [2.05, 4.69) is 32.5 Å². The second kappa shape index (κ2) is 5.54. The fourth-order valence-electron chi connectivity index (χ4n) is 2.80. The zero-order valence-electron chi connectivity index (χ0n) is 14.4. The molecule has 3 aromatic heterocycles.